The van der Waals surface area contributed by atoms with Crippen molar-refractivity contribution >= 4 is 12.4 Å². The minimum atomic E-state index is 0. The molecule has 2 nitrogen and oxygen atoms in total. The maximum Gasteiger partial charge on any atom is 0.116 e. The highest BCUT2D eigenvalue weighted by Crippen LogP contribution is 2.23. The summed E-state index contributed by atoms with van der Waals surface area (Å²) in [6, 6.07) is 15.2. The molecule has 2 rings (SSSR count). The SMILES string of the molecule is Cl.NCc1ccc(-c2cccc(O)c2)cc1. The molecule has 0 unspecified atom stereocenters. The fourth-order valence-corrected chi connectivity index (χ4v) is 1.52. The van der Waals surface area contributed by atoms with Gasteiger partial charge in [-0.3, -0.25) is 0 Å². The van der Waals surface area contributed by atoms with E-state index < -0.39 is 0 Å². The van der Waals surface area contributed by atoms with Crippen molar-refractivity contribution in [2.24, 2.45) is 5.73 Å². The fraction of sp³-hybridized carbons (Fsp3) is 0.0769. The van der Waals surface area contributed by atoms with Crippen molar-refractivity contribution < 1.29 is 5.11 Å². The molecule has 0 spiro atoms. The maximum atomic E-state index is 9.36. The van der Waals surface area contributed by atoms with Crippen molar-refractivity contribution in [1.29, 1.82) is 0 Å². The Morgan fingerprint density at radius 1 is 0.938 bits per heavy atom. The number of aromatic hydroxyl groups is 1. The summed E-state index contributed by atoms with van der Waals surface area (Å²) in [7, 11) is 0. The van der Waals surface area contributed by atoms with Crippen molar-refractivity contribution in [3.05, 3.63) is 54.1 Å². The Labute approximate surface area is 101 Å². The third kappa shape index (κ3) is 2.75. The average molecular weight is 236 g/mol. The van der Waals surface area contributed by atoms with Gasteiger partial charge in [0.05, 0.1) is 0 Å². The smallest absolute Gasteiger partial charge is 0.116 e. The van der Waals surface area contributed by atoms with Crippen LogP contribution >= 0.6 is 12.4 Å². The summed E-state index contributed by atoms with van der Waals surface area (Å²) in [5.74, 6) is 0.287. The minimum absolute atomic E-state index is 0. The largest absolute Gasteiger partial charge is 0.508 e. The van der Waals surface area contributed by atoms with Gasteiger partial charge in [-0.05, 0) is 28.8 Å². The highest BCUT2D eigenvalue weighted by molar-refractivity contribution is 5.85. The van der Waals surface area contributed by atoms with E-state index in [9.17, 15) is 5.11 Å². The second-order valence-corrected chi connectivity index (χ2v) is 3.45. The van der Waals surface area contributed by atoms with Crippen LogP contribution in [0.2, 0.25) is 0 Å². The Morgan fingerprint density at radius 2 is 1.62 bits per heavy atom. The van der Waals surface area contributed by atoms with Gasteiger partial charge in [-0.2, -0.15) is 0 Å². The van der Waals surface area contributed by atoms with Crippen molar-refractivity contribution in [2.75, 3.05) is 0 Å². The van der Waals surface area contributed by atoms with E-state index in [1.54, 1.807) is 12.1 Å². The van der Waals surface area contributed by atoms with E-state index in [2.05, 4.69) is 0 Å². The zero-order valence-electron chi connectivity index (χ0n) is 8.76. The van der Waals surface area contributed by atoms with Crippen molar-refractivity contribution in [1.82, 2.24) is 0 Å². The number of phenols is 1. The van der Waals surface area contributed by atoms with E-state index in [1.165, 1.54) is 0 Å². The van der Waals surface area contributed by atoms with Crippen LogP contribution in [0.25, 0.3) is 11.1 Å². The number of benzene rings is 2. The van der Waals surface area contributed by atoms with Crippen LogP contribution in [-0.2, 0) is 6.54 Å². The maximum absolute atomic E-state index is 9.36. The molecule has 0 aromatic heterocycles. The lowest BCUT2D eigenvalue weighted by atomic mass is 10.0. The van der Waals surface area contributed by atoms with Crippen LogP contribution in [0.15, 0.2) is 48.5 Å². The summed E-state index contributed by atoms with van der Waals surface area (Å²) < 4.78 is 0. The Bertz CT molecular complexity index is 454. The molecule has 0 heterocycles. The lowest BCUT2D eigenvalue weighted by Gasteiger charge is -2.03. The highest BCUT2D eigenvalue weighted by Gasteiger charge is 1.98. The molecule has 2 aromatic carbocycles. The van der Waals surface area contributed by atoms with Gasteiger partial charge in [0.25, 0.3) is 0 Å². The molecule has 84 valence electrons. The number of phenolic OH excluding ortho intramolecular Hbond substituents is 1. The van der Waals surface area contributed by atoms with E-state index in [1.807, 2.05) is 36.4 Å². The van der Waals surface area contributed by atoms with Crippen molar-refractivity contribution in [3.8, 4) is 16.9 Å². The van der Waals surface area contributed by atoms with Gasteiger partial charge in [-0.1, -0.05) is 36.4 Å². The van der Waals surface area contributed by atoms with E-state index in [0.717, 1.165) is 16.7 Å². The zero-order valence-corrected chi connectivity index (χ0v) is 9.58. The number of rotatable bonds is 2. The summed E-state index contributed by atoms with van der Waals surface area (Å²) in [6.07, 6.45) is 0. The first kappa shape index (κ1) is 12.6. The first-order chi connectivity index (χ1) is 7.29. The third-order valence-electron chi connectivity index (χ3n) is 2.37. The normalized spacial score (nSPS) is 9.56. The van der Waals surface area contributed by atoms with Crippen molar-refractivity contribution in [2.45, 2.75) is 6.54 Å². The lowest BCUT2D eigenvalue weighted by Crippen LogP contribution is -1.95. The van der Waals surface area contributed by atoms with Gasteiger partial charge < -0.3 is 10.8 Å². The van der Waals surface area contributed by atoms with Gasteiger partial charge in [0.2, 0.25) is 0 Å². The predicted molar refractivity (Wildman–Crippen MR) is 68.7 cm³/mol. The topological polar surface area (TPSA) is 46.2 Å². The van der Waals surface area contributed by atoms with Crippen LogP contribution in [0, 0.1) is 0 Å². The molecule has 0 amide bonds. The van der Waals surface area contributed by atoms with Gasteiger partial charge in [0.15, 0.2) is 0 Å². The summed E-state index contributed by atoms with van der Waals surface area (Å²) in [5.41, 5.74) is 8.73. The summed E-state index contributed by atoms with van der Waals surface area (Å²) >= 11 is 0. The van der Waals surface area contributed by atoms with Crippen LogP contribution in [0.5, 0.6) is 5.75 Å². The molecular weight excluding hydrogens is 222 g/mol. The Balaban J connectivity index is 0.00000128. The molecule has 0 saturated carbocycles. The number of halogens is 1. The molecule has 0 atom stereocenters. The van der Waals surface area contributed by atoms with Gasteiger partial charge in [0, 0.05) is 6.54 Å². The molecule has 0 aliphatic rings. The van der Waals surface area contributed by atoms with E-state index in [0.29, 0.717) is 6.54 Å². The summed E-state index contributed by atoms with van der Waals surface area (Å²) in [5, 5.41) is 9.36. The molecule has 16 heavy (non-hydrogen) atoms. The van der Waals surface area contributed by atoms with E-state index in [-0.39, 0.29) is 18.2 Å². The van der Waals surface area contributed by atoms with Gasteiger partial charge in [-0.15, -0.1) is 12.4 Å². The molecule has 0 bridgehead atoms. The zero-order chi connectivity index (χ0) is 10.7. The Kier molecular flexibility index (Phi) is 4.35. The predicted octanol–water partition coefficient (Wildman–Crippen LogP) is 2.94. The molecular formula is C13H14ClNO. The van der Waals surface area contributed by atoms with Gasteiger partial charge in [-0.25, -0.2) is 0 Å². The first-order valence-corrected chi connectivity index (χ1v) is 4.88. The second-order valence-electron chi connectivity index (χ2n) is 3.45. The van der Waals surface area contributed by atoms with E-state index in [4.69, 9.17) is 5.73 Å². The monoisotopic (exact) mass is 235 g/mol. The fourth-order valence-electron chi connectivity index (χ4n) is 1.52. The number of nitrogens with two attached hydrogens (primary N) is 1. The quantitative estimate of drug-likeness (QED) is 0.841. The Hall–Kier alpha value is -1.51. The molecule has 0 aliphatic heterocycles. The highest BCUT2D eigenvalue weighted by atomic mass is 35.5. The summed E-state index contributed by atoms with van der Waals surface area (Å²) in [6.45, 7) is 0.556. The van der Waals surface area contributed by atoms with Gasteiger partial charge in [0.1, 0.15) is 5.75 Å². The van der Waals surface area contributed by atoms with Crippen molar-refractivity contribution in [3.63, 3.8) is 0 Å². The van der Waals surface area contributed by atoms with E-state index >= 15 is 0 Å². The van der Waals surface area contributed by atoms with Crippen LogP contribution in [-0.4, -0.2) is 5.11 Å². The lowest BCUT2D eigenvalue weighted by molar-refractivity contribution is 0.475. The minimum Gasteiger partial charge on any atom is -0.508 e. The molecule has 0 saturated heterocycles. The standard InChI is InChI=1S/C13H13NO.ClH/c14-9-10-4-6-11(7-5-10)12-2-1-3-13(15)8-12;/h1-8,15H,9,14H2;1H. The Morgan fingerprint density at radius 3 is 2.19 bits per heavy atom. The van der Waals surface area contributed by atoms with Crippen LogP contribution < -0.4 is 5.73 Å². The van der Waals surface area contributed by atoms with Crippen LogP contribution in [0.3, 0.4) is 0 Å². The molecule has 2 aromatic rings. The number of hydrogen-bond acceptors (Lipinski definition) is 2. The third-order valence-corrected chi connectivity index (χ3v) is 2.37. The molecule has 0 aliphatic carbocycles. The molecule has 3 heteroatoms. The van der Waals surface area contributed by atoms with Crippen LogP contribution in [0.4, 0.5) is 0 Å². The van der Waals surface area contributed by atoms with Crippen LogP contribution in [0.1, 0.15) is 5.56 Å². The average Bonchev–Trinajstić information content (AvgIpc) is 2.29. The number of hydrogen-bond donors (Lipinski definition) is 2. The molecule has 3 N–H and O–H groups in total. The molecule has 0 fully saturated rings. The second kappa shape index (κ2) is 5.54. The molecule has 0 radical (unpaired) electrons. The summed E-state index contributed by atoms with van der Waals surface area (Å²) in [4.78, 5) is 0. The first-order valence-electron chi connectivity index (χ1n) is 4.88. The van der Waals surface area contributed by atoms with Gasteiger partial charge >= 0.3 is 0 Å².